The first kappa shape index (κ1) is 15.2. The van der Waals surface area contributed by atoms with Crippen LogP contribution in [0.15, 0.2) is 24.3 Å². The van der Waals surface area contributed by atoms with Crippen molar-refractivity contribution in [3.63, 3.8) is 0 Å². The molecule has 1 rings (SSSR count). The van der Waals surface area contributed by atoms with Crippen LogP contribution in [0.1, 0.15) is 44.4 Å². The smallest absolute Gasteiger partial charge is 0.0294 e. The molecule has 18 heavy (non-hydrogen) atoms. The third-order valence-corrected chi connectivity index (χ3v) is 3.91. The van der Waals surface area contributed by atoms with Crippen molar-refractivity contribution in [2.24, 2.45) is 0 Å². The molecule has 0 heterocycles. The minimum Gasteiger partial charge on any atom is -0.309 e. The van der Waals surface area contributed by atoms with Crippen LogP contribution >= 0.6 is 0 Å². The number of likely N-dealkylation sites (N-methyl/N-ethyl adjacent to an activating group) is 1. The quantitative estimate of drug-likeness (QED) is 0.796. The Morgan fingerprint density at radius 2 is 1.89 bits per heavy atom. The van der Waals surface area contributed by atoms with Gasteiger partial charge in [-0.1, -0.05) is 31.2 Å². The summed E-state index contributed by atoms with van der Waals surface area (Å²) in [7, 11) is 2.20. The first-order chi connectivity index (χ1) is 8.56. The number of hydrogen-bond donors (Lipinski definition) is 1. The van der Waals surface area contributed by atoms with Crippen molar-refractivity contribution >= 4 is 0 Å². The topological polar surface area (TPSA) is 15.3 Å². The molecular weight excluding hydrogens is 220 g/mol. The van der Waals surface area contributed by atoms with Crippen molar-refractivity contribution in [1.82, 2.24) is 10.2 Å². The lowest BCUT2D eigenvalue weighted by atomic mass is 10.0. The summed E-state index contributed by atoms with van der Waals surface area (Å²) in [6.07, 6.45) is 1.21. The summed E-state index contributed by atoms with van der Waals surface area (Å²) in [5.41, 5.74) is 2.77. The van der Waals surface area contributed by atoms with E-state index in [1.165, 1.54) is 17.5 Å². The molecule has 0 aliphatic rings. The van der Waals surface area contributed by atoms with Crippen molar-refractivity contribution in [2.45, 2.75) is 46.2 Å². The Bertz CT molecular complexity index is 349. The van der Waals surface area contributed by atoms with Crippen LogP contribution in [0.25, 0.3) is 0 Å². The van der Waals surface area contributed by atoms with Crippen molar-refractivity contribution in [2.75, 3.05) is 20.1 Å². The fourth-order valence-electron chi connectivity index (χ4n) is 2.17. The van der Waals surface area contributed by atoms with Crippen LogP contribution in [0.2, 0.25) is 0 Å². The molecule has 0 aromatic heterocycles. The van der Waals surface area contributed by atoms with Crippen molar-refractivity contribution in [3.05, 3.63) is 35.4 Å². The van der Waals surface area contributed by atoms with Gasteiger partial charge in [0.05, 0.1) is 0 Å². The highest BCUT2D eigenvalue weighted by Gasteiger charge is 2.09. The minimum atomic E-state index is 0.427. The highest BCUT2D eigenvalue weighted by molar-refractivity contribution is 5.28. The number of nitrogens with zero attached hydrogens (tertiary/aromatic N) is 1. The number of hydrogen-bond acceptors (Lipinski definition) is 2. The fraction of sp³-hybridized carbons (Fsp3) is 0.625. The number of nitrogens with one attached hydrogen (secondary N) is 1. The van der Waals surface area contributed by atoms with Gasteiger partial charge < -0.3 is 10.2 Å². The van der Waals surface area contributed by atoms with Gasteiger partial charge >= 0.3 is 0 Å². The Hall–Kier alpha value is -0.860. The van der Waals surface area contributed by atoms with Crippen LogP contribution in [0.3, 0.4) is 0 Å². The van der Waals surface area contributed by atoms with Crippen molar-refractivity contribution in [1.29, 1.82) is 0 Å². The number of rotatable bonds is 7. The lowest BCUT2D eigenvalue weighted by Gasteiger charge is -2.25. The summed E-state index contributed by atoms with van der Waals surface area (Å²) in [6, 6.07) is 9.70. The van der Waals surface area contributed by atoms with Gasteiger partial charge in [-0.25, -0.2) is 0 Å². The predicted molar refractivity (Wildman–Crippen MR) is 80.0 cm³/mol. The third kappa shape index (κ3) is 4.43. The van der Waals surface area contributed by atoms with Crippen molar-refractivity contribution < 1.29 is 0 Å². The van der Waals surface area contributed by atoms with Gasteiger partial charge in [0.1, 0.15) is 0 Å². The van der Waals surface area contributed by atoms with Gasteiger partial charge in [-0.15, -0.1) is 0 Å². The Balaban J connectivity index is 2.38. The van der Waals surface area contributed by atoms with Crippen LogP contribution in [0, 0.1) is 6.92 Å². The second-order valence-corrected chi connectivity index (χ2v) is 5.27. The molecule has 1 N–H and O–H groups in total. The maximum absolute atomic E-state index is 3.61. The summed E-state index contributed by atoms with van der Waals surface area (Å²) >= 11 is 0. The molecule has 2 atom stereocenters. The first-order valence-electron chi connectivity index (χ1n) is 7.05. The zero-order valence-electron chi connectivity index (χ0n) is 12.5. The van der Waals surface area contributed by atoms with E-state index in [1.54, 1.807) is 0 Å². The summed E-state index contributed by atoms with van der Waals surface area (Å²) in [6.45, 7) is 11.1. The molecule has 0 spiro atoms. The molecule has 2 nitrogen and oxygen atoms in total. The molecule has 1 aromatic carbocycles. The van der Waals surface area contributed by atoms with E-state index in [0.29, 0.717) is 12.1 Å². The fourth-order valence-corrected chi connectivity index (χ4v) is 2.17. The highest BCUT2D eigenvalue weighted by Crippen LogP contribution is 2.16. The van der Waals surface area contributed by atoms with Gasteiger partial charge in [0.2, 0.25) is 0 Å². The van der Waals surface area contributed by atoms with Crippen LogP contribution in [-0.4, -0.2) is 31.1 Å². The van der Waals surface area contributed by atoms with E-state index in [2.05, 4.69) is 69.2 Å². The Kier molecular flexibility index (Phi) is 6.37. The van der Waals surface area contributed by atoms with E-state index in [0.717, 1.165) is 13.1 Å². The maximum Gasteiger partial charge on any atom is 0.0294 e. The van der Waals surface area contributed by atoms with Gasteiger partial charge in [0, 0.05) is 25.2 Å². The molecule has 0 aliphatic carbocycles. The van der Waals surface area contributed by atoms with E-state index in [1.807, 2.05) is 0 Å². The molecule has 0 aliphatic heterocycles. The van der Waals surface area contributed by atoms with Crippen LogP contribution in [0.5, 0.6) is 0 Å². The zero-order valence-corrected chi connectivity index (χ0v) is 12.5. The molecule has 1 aromatic rings. The van der Waals surface area contributed by atoms with Crippen molar-refractivity contribution in [3.8, 4) is 0 Å². The Morgan fingerprint density at radius 3 is 2.50 bits per heavy atom. The van der Waals surface area contributed by atoms with Gasteiger partial charge in [-0.05, 0) is 45.4 Å². The molecule has 0 bridgehead atoms. The summed E-state index contributed by atoms with van der Waals surface area (Å²) in [5.74, 6) is 0. The predicted octanol–water partition coefficient (Wildman–Crippen LogP) is 3.38. The average Bonchev–Trinajstić information content (AvgIpc) is 2.37. The molecule has 0 saturated heterocycles. The maximum atomic E-state index is 3.61. The van der Waals surface area contributed by atoms with Gasteiger partial charge in [-0.3, -0.25) is 0 Å². The summed E-state index contributed by atoms with van der Waals surface area (Å²) < 4.78 is 0. The SMILES string of the molecule is CCC(C)N(C)CCNC(C)c1ccccc1C. The molecule has 0 fully saturated rings. The largest absolute Gasteiger partial charge is 0.309 e. The normalized spacial score (nSPS) is 14.8. The highest BCUT2D eigenvalue weighted by atomic mass is 15.1. The van der Waals surface area contributed by atoms with E-state index >= 15 is 0 Å². The Morgan fingerprint density at radius 1 is 1.22 bits per heavy atom. The lowest BCUT2D eigenvalue weighted by molar-refractivity contribution is 0.249. The van der Waals surface area contributed by atoms with Gasteiger partial charge in [0.25, 0.3) is 0 Å². The van der Waals surface area contributed by atoms with E-state index in [9.17, 15) is 0 Å². The summed E-state index contributed by atoms with van der Waals surface area (Å²) in [4.78, 5) is 2.41. The third-order valence-electron chi connectivity index (χ3n) is 3.91. The molecule has 2 unspecified atom stereocenters. The second kappa shape index (κ2) is 7.55. The van der Waals surface area contributed by atoms with Gasteiger partial charge in [-0.2, -0.15) is 0 Å². The lowest BCUT2D eigenvalue weighted by Crippen LogP contribution is -2.35. The minimum absolute atomic E-state index is 0.427. The number of benzene rings is 1. The number of aryl methyl sites for hydroxylation is 1. The molecule has 0 radical (unpaired) electrons. The van der Waals surface area contributed by atoms with E-state index in [4.69, 9.17) is 0 Å². The van der Waals surface area contributed by atoms with Crippen LogP contribution in [0.4, 0.5) is 0 Å². The monoisotopic (exact) mass is 248 g/mol. The standard InChI is InChI=1S/C16H28N2/c1-6-14(3)18(5)12-11-17-15(4)16-10-8-7-9-13(16)2/h7-10,14-15,17H,6,11-12H2,1-5H3. The molecule has 0 saturated carbocycles. The average molecular weight is 248 g/mol. The zero-order chi connectivity index (χ0) is 13.5. The molecule has 2 heteroatoms. The van der Waals surface area contributed by atoms with Crippen LogP contribution < -0.4 is 5.32 Å². The summed E-state index contributed by atoms with van der Waals surface area (Å²) in [5, 5.41) is 3.61. The Labute approximate surface area is 112 Å². The molecule has 102 valence electrons. The second-order valence-electron chi connectivity index (χ2n) is 5.27. The molecule has 0 amide bonds. The van der Waals surface area contributed by atoms with Crippen LogP contribution in [-0.2, 0) is 0 Å². The van der Waals surface area contributed by atoms with E-state index < -0.39 is 0 Å². The molecular formula is C16H28N2. The first-order valence-corrected chi connectivity index (χ1v) is 7.05. The van der Waals surface area contributed by atoms with E-state index in [-0.39, 0.29) is 0 Å². The van der Waals surface area contributed by atoms with Gasteiger partial charge in [0.15, 0.2) is 0 Å².